The molecule has 4 rings (SSSR count). The molecule has 8 nitrogen and oxygen atoms in total. The Balaban J connectivity index is 1.92. The molecule has 0 bridgehead atoms. The number of methoxy groups -OCH3 is 1. The fourth-order valence-electron chi connectivity index (χ4n) is 3.01. The first-order valence-electron chi connectivity index (χ1n) is 8.94. The smallest absolute Gasteiger partial charge is 0.335 e. The number of para-hydroxylation sites is 1. The Morgan fingerprint density at radius 1 is 0.933 bits per heavy atom. The highest BCUT2D eigenvalue weighted by Gasteiger charge is 2.20. The van der Waals surface area contributed by atoms with Crippen molar-refractivity contribution in [3.8, 4) is 45.7 Å². The molecule has 0 amide bonds. The molecule has 0 saturated carbocycles. The summed E-state index contributed by atoms with van der Waals surface area (Å²) in [5, 5.41) is 34.3. The van der Waals surface area contributed by atoms with Crippen molar-refractivity contribution in [2.45, 2.75) is 0 Å². The maximum atomic E-state index is 11.2. The summed E-state index contributed by atoms with van der Waals surface area (Å²) >= 11 is 0. The van der Waals surface area contributed by atoms with E-state index in [0.717, 1.165) is 0 Å². The number of ether oxygens (including phenoxy) is 1. The van der Waals surface area contributed by atoms with E-state index in [2.05, 4.69) is 10.1 Å². The molecule has 3 N–H and O–H groups in total. The van der Waals surface area contributed by atoms with Crippen LogP contribution in [0.2, 0.25) is 0 Å². The predicted molar refractivity (Wildman–Crippen MR) is 109 cm³/mol. The van der Waals surface area contributed by atoms with Crippen LogP contribution in [0.1, 0.15) is 10.4 Å². The van der Waals surface area contributed by atoms with E-state index < -0.39 is 5.97 Å². The maximum absolute atomic E-state index is 11.2. The number of phenolic OH excluding ortho intramolecular Hbond substituents is 2. The average Bonchev–Trinajstić information content (AvgIpc) is 3.19. The van der Waals surface area contributed by atoms with Crippen LogP contribution in [-0.4, -0.2) is 43.2 Å². The van der Waals surface area contributed by atoms with E-state index in [0.29, 0.717) is 28.4 Å². The molecule has 8 heteroatoms. The zero-order chi connectivity index (χ0) is 21.3. The zero-order valence-electron chi connectivity index (χ0n) is 15.9. The number of hydrogen-bond donors (Lipinski definition) is 3. The third-order valence-corrected chi connectivity index (χ3v) is 4.56. The van der Waals surface area contributed by atoms with Crippen LogP contribution in [0.5, 0.6) is 17.2 Å². The van der Waals surface area contributed by atoms with Gasteiger partial charge in [-0.25, -0.2) is 14.5 Å². The molecular formula is C22H17N3O5. The van der Waals surface area contributed by atoms with Gasteiger partial charge >= 0.3 is 5.97 Å². The molecule has 30 heavy (non-hydrogen) atoms. The van der Waals surface area contributed by atoms with Crippen molar-refractivity contribution in [1.82, 2.24) is 14.8 Å². The Hall–Kier alpha value is -4.33. The van der Waals surface area contributed by atoms with Crippen LogP contribution >= 0.6 is 0 Å². The van der Waals surface area contributed by atoms with Crippen LogP contribution in [0.25, 0.3) is 28.5 Å². The van der Waals surface area contributed by atoms with Crippen LogP contribution < -0.4 is 4.74 Å². The Bertz CT molecular complexity index is 1230. The van der Waals surface area contributed by atoms with Gasteiger partial charge in [-0.05, 0) is 54.6 Å². The molecule has 0 fully saturated rings. The summed E-state index contributed by atoms with van der Waals surface area (Å²) in [4.78, 5) is 15.7. The summed E-state index contributed by atoms with van der Waals surface area (Å²) in [7, 11) is 1.51. The van der Waals surface area contributed by atoms with Gasteiger partial charge in [-0.15, -0.1) is 5.10 Å². The Morgan fingerprint density at radius 2 is 1.63 bits per heavy atom. The van der Waals surface area contributed by atoms with Gasteiger partial charge in [0, 0.05) is 0 Å². The quantitative estimate of drug-likeness (QED) is 0.465. The van der Waals surface area contributed by atoms with E-state index in [9.17, 15) is 15.0 Å². The average molecular weight is 403 g/mol. The first-order valence-corrected chi connectivity index (χ1v) is 8.94. The van der Waals surface area contributed by atoms with Gasteiger partial charge in [-0.2, -0.15) is 0 Å². The molecule has 150 valence electrons. The second kappa shape index (κ2) is 7.59. The Kier molecular flexibility index (Phi) is 4.81. The van der Waals surface area contributed by atoms with Crippen molar-refractivity contribution in [2.75, 3.05) is 7.11 Å². The molecule has 0 unspecified atom stereocenters. The van der Waals surface area contributed by atoms with Crippen LogP contribution in [0.4, 0.5) is 0 Å². The molecule has 3 aromatic carbocycles. The number of carbonyl (C=O) groups is 1. The van der Waals surface area contributed by atoms with Gasteiger partial charge in [0.1, 0.15) is 17.2 Å². The van der Waals surface area contributed by atoms with Gasteiger partial charge in [0.05, 0.1) is 29.5 Å². The van der Waals surface area contributed by atoms with Crippen molar-refractivity contribution in [3.63, 3.8) is 0 Å². The zero-order valence-corrected chi connectivity index (χ0v) is 15.9. The van der Waals surface area contributed by atoms with Crippen molar-refractivity contribution >= 4 is 5.97 Å². The first kappa shape index (κ1) is 19.0. The lowest BCUT2D eigenvalue weighted by molar-refractivity contribution is 0.0697. The molecule has 0 saturated heterocycles. The fourth-order valence-corrected chi connectivity index (χ4v) is 3.01. The summed E-state index contributed by atoms with van der Waals surface area (Å²) in [5.41, 5.74) is 1.46. The second-order valence-electron chi connectivity index (χ2n) is 6.42. The number of rotatable bonds is 5. The van der Waals surface area contributed by atoms with Gasteiger partial charge in [0.2, 0.25) is 0 Å². The monoisotopic (exact) mass is 403 g/mol. The third kappa shape index (κ3) is 3.42. The van der Waals surface area contributed by atoms with E-state index in [1.54, 1.807) is 42.5 Å². The minimum atomic E-state index is -1.04. The highest BCUT2D eigenvalue weighted by atomic mass is 16.5. The maximum Gasteiger partial charge on any atom is 0.335 e. The highest BCUT2D eigenvalue weighted by molar-refractivity contribution is 5.87. The normalized spacial score (nSPS) is 10.7. The van der Waals surface area contributed by atoms with Crippen molar-refractivity contribution in [2.24, 2.45) is 0 Å². The van der Waals surface area contributed by atoms with Gasteiger partial charge in [0.25, 0.3) is 0 Å². The predicted octanol–water partition coefficient (Wildman–Crippen LogP) is 3.72. The third-order valence-electron chi connectivity index (χ3n) is 4.56. The van der Waals surface area contributed by atoms with Crippen LogP contribution in [0, 0.1) is 0 Å². The van der Waals surface area contributed by atoms with Crippen LogP contribution in [0.3, 0.4) is 0 Å². The standard InChI is InChI=1S/C22H17N3O5/c1-30-15-10-11-19(27)17(12-15)20-23-21(16-4-2-3-5-18(16)26)25(24-20)14-8-6-13(7-9-14)22(28)29/h2-12,26-27H,1H3,(H,28,29). The number of carboxylic acid groups (broad SMARTS) is 1. The minimum absolute atomic E-state index is 0.00900. The first-order chi connectivity index (χ1) is 14.5. The van der Waals surface area contributed by atoms with E-state index in [1.165, 1.54) is 36.1 Å². The molecule has 0 aliphatic carbocycles. The highest BCUT2D eigenvalue weighted by Crippen LogP contribution is 2.35. The Labute approximate surface area is 171 Å². The van der Waals surface area contributed by atoms with E-state index in [-0.39, 0.29) is 22.9 Å². The lowest BCUT2D eigenvalue weighted by atomic mass is 10.1. The molecule has 1 aromatic heterocycles. The molecule has 0 aliphatic heterocycles. The van der Waals surface area contributed by atoms with E-state index >= 15 is 0 Å². The van der Waals surface area contributed by atoms with Gasteiger partial charge in [0.15, 0.2) is 11.6 Å². The number of phenols is 2. The lowest BCUT2D eigenvalue weighted by Gasteiger charge is -2.07. The number of nitrogens with zero attached hydrogens (tertiary/aromatic N) is 3. The topological polar surface area (TPSA) is 118 Å². The number of aromatic carboxylic acids is 1. The number of aromatic hydroxyl groups is 2. The van der Waals surface area contributed by atoms with Crippen molar-refractivity contribution < 1.29 is 24.9 Å². The molecule has 1 heterocycles. The van der Waals surface area contributed by atoms with Gasteiger partial charge < -0.3 is 20.1 Å². The minimum Gasteiger partial charge on any atom is -0.507 e. The Morgan fingerprint density at radius 3 is 2.30 bits per heavy atom. The molecule has 0 aliphatic rings. The summed E-state index contributed by atoms with van der Waals surface area (Å²) in [6.07, 6.45) is 0. The molecule has 0 atom stereocenters. The number of aromatic nitrogens is 3. The summed E-state index contributed by atoms with van der Waals surface area (Å²) in [6.45, 7) is 0. The van der Waals surface area contributed by atoms with Crippen LogP contribution in [-0.2, 0) is 0 Å². The summed E-state index contributed by atoms with van der Waals surface area (Å²) in [6, 6.07) is 17.5. The van der Waals surface area contributed by atoms with Crippen molar-refractivity contribution in [3.05, 3.63) is 72.3 Å². The largest absolute Gasteiger partial charge is 0.507 e. The number of carboxylic acids is 1. The van der Waals surface area contributed by atoms with Gasteiger partial charge in [-0.1, -0.05) is 12.1 Å². The molecule has 0 spiro atoms. The second-order valence-corrected chi connectivity index (χ2v) is 6.42. The SMILES string of the molecule is COc1ccc(O)c(-c2nc(-c3ccccc3O)n(-c3ccc(C(=O)O)cc3)n2)c1. The van der Waals surface area contributed by atoms with Crippen LogP contribution in [0.15, 0.2) is 66.7 Å². The number of hydrogen-bond acceptors (Lipinski definition) is 6. The van der Waals surface area contributed by atoms with Crippen molar-refractivity contribution in [1.29, 1.82) is 0 Å². The van der Waals surface area contributed by atoms with E-state index in [1.807, 2.05) is 0 Å². The van der Waals surface area contributed by atoms with E-state index in [4.69, 9.17) is 9.84 Å². The molecular weight excluding hydrogens is 386 g/mol. The molecule has 0 radical (unpaired) electrons. The molecule has 4 aromatic rings. The number of benzene rings is 3. The summed E-state index contributed by atoms with van der Waals surface area (Å²) in [5.74, 6) is 0.00483. The summed E-state index contributed by atoms with van der Waals surface area (Å²) < 4.78 is 6.70. The fraction of sp³-hybridized carbons (Fsp3) is 0.0455. The van der Waals surface area contributed by atoms with Gasteiger partial charge in [-0.3, -0.25) is 0 Å². The lowest BCUT2D eigenvalue weighted by Crippen LogP contribution is -2.02.